The highest BCUT2D eigenvalue weighted by atomic mass is 15.0. The summed E-state index contributed by atoms with van der Waals surface area (Å²) >= 11 is 0. The van der Waals surface area contributed by atoms with Crippen molar-refractivity contribution in [1.82, 2.24) is 10.6 Å². The van der Waals surface area contributed by atoms with Crippen LogP contribution in [0.15, 0.2) is 30.2 Å². The standard InChI is InChI=1S/C12H20N2/c1-6-11-10(5)14-12(11)8(3)9(4)13-7-2/h8-9,12-14H,1,5,7H2,2-4H3. The fraction of sp³-hybridized carbons (Fsp3) is 0.583. The van der Waals surface area contributed by atoms with E-state index < -0.39 is 0 Å². The van der Waals surface area contributed by atoms with Gasteiger partial charge in [-0.25, -0.2) is 0 Å². The van der Waals surface area contributed by atoms with Crippen molar-refractivity contribution in [2.45, 2.75) is 32.9 Å². The molecule has 0 bridgehead atoms. The summed E-state index contributed by atoms with van der Waals surface area (Å²) in [6.07, 6.45) is 0. The van der Waals surface area contributed by atoms with Crippen molar-refractivity contribution in [1.29, 1.82) is 0 Å². The van der Waals surface area contributed by atoms with Gasteiger partial charge in [-0.1, -0.05) is 27.0 Å². The van der Waals surface area contributed by atoms with Crippen molar-refractivity contribution in [3.8, 4) is 0 Å². The summed E-state index contributed by atoms with van der Waals surface area (Å²) in [5.74, 6) is 0.532. The molecule has 1 saturated heterocycles. The maximum absolute atomic E-state index is 3.88. The summed E-state index contributed by atoms with van der Waals surface area (Å²) in [7, 11) is 0. The predicted molar refractivity (Wildman–Crippen MR) is 61.0 cm³/mol. The van der Waals surface area contributed by atoms with Gasteiger partial charge < -0.3 is 10.6 Å². The van der Waals surface area contributed by atoms with Gasteiger partial charge in [0, 0.05) is 17.3 Å². The Morgan fingerprint density at radius 2 is 2.21 bits per heavy atom. The molecule has 78 valence electrons. The molecule has 1 rings (SSSR count). The van der Waals surface area contributed by atoms with Crippen LogP contribution in [0.1, 0.15) is 20.8 Å². The third-order valence-electron chi connectivity index (χ3n) is 3.00. The second-order valence-electron chi connectivity index (χ2n) is 3.90. The summed E-state index contributed by atoms with van der Waals surface area (Å²) in [5, 5.41) is 6.73. The minimum Gasteiger partial charge on any atom is -0.377 e. The number of hydrogen-bond donors (Lipinski definition) is 2. The molecule has 14 heavy (non-hydrogen) atoms. The van der Waals surface area contributed by atoms with E-state index in [2.05, 4.69) is 50.3 Å². The van der Waals surface area contributed by atoms with Crippen molar-refractivity contribution in [3.05, 3.63) is 30.2 Å². The van der Waals surface area contributed by atoms with E-state index in [9.17, 15) is 0 Å². The summed E-state index contributed by atoms with van der Waals surface area (Å²) in [5.41, 5.74) is 5.07. The molecular formula is C12H20N2. The highest BCUT2D eigenvalue weighted by molar-refractivity contribution is 5.41. The lowest BCUT2D eigenvalue weighted by atomic mass is 9.82. The number of hydrogen-bond acceptors (Lipinski definition) is 2. The molecule has 1 aliphatic rings. The van der Waals surface area contributed by atoms with Crippen molar-refractivity contribution < 1.29 is 0 Å². The maximum atomic E-state index is 3.88. The van der Waals surface area contributed by atoms with Crippen LogP contribution in [0, 0.1) is 5.92 Å². The van der Waals surface area contributed by atoms with Gasteiger partial charge in [-0.05, 0) is 19.4 Å². The lowest BCUT2D eigenvalue weighted by molar-refractivity contribution is 0.319. The Hall–Kier alpha value is -0.980. The van der Waals surface area contributed by atoms with E-state index in [1.165, 1.54) is 0 Å². The SMILES string of the molecule is C=C=C1C(=C)NC1C(C)C(C)NCC. The number of rotatable bonds is 4. The average molecular weight is 192 g/mol. The van der Waals surface area contributed by atoms with Gasteiger partial charge in [0.15, 0.2) is 0 Å². The Morgan fingerprint density at radius 1 is 1.57 bits per heavy atom. The first kappa shape index (κ1) is 11.1. The first-order valence-electron chi connectivity index (χ1n) is 5.21. The molecule has 1 heterocycles. The van der Waals surface area contributed by atoms with Gasteiger partial charge in [0.1, 0.15) is 0 Å². The molecule has 3 atom stereocenters. The molecule has 2 N–H and O–H groups in total. The Kier molecular flexibility index (Phi) is 3.56. The highest BCUT2D eigenvalue weighted by Gasteiger charge is 2.34. The topological polar surface area (TPSA) is 24.1 Å². The van der Waals surface area contributed by atoms with Crippen LogP contribution in [0.4, 0.5) is 0 Å². The van der Waals surface area contributed by atoms with Crippen LogP contribution in [0.5, 0.6) is 0 Å². The molecule has 2 heteroatoms. The van der Waals surface area contributed by atoms with Gasteiger partial charge in [-0.2, -0.15) is 0 Å². The molecule has 0 radical (unpaired) electrons. The molecule has 0 amide bonds. The third-order valence-corrected chi connectivity index (χ3v) is 3.00. The quantitative estimate of drug-likeness (QED) is 0.664. The zero-order valence-electron chi connectivity index (χ0n) is 9.35. The molecule has 2 nitrogen and oxygen atoms in total. The average Bonchev–Trinajstić information content (AvgIpc) is 2.14. The van der Waals surface area contributed by atoms with E-state index in [1.54, 1.807) is 0 Å². The van der Waals surface area contributed by atoms with Gasteiger partial charge >= 0.3 is 0 Å². The Bertz CT molecular complexity index is 274. The molecule has 0 aliphatic carbocycles. The largest absolute Gasteiger partial charge is 0.377 e. The van der Waals surface area contributed by atoms with Crippen LogP contribution in [0.25, 0.3) is 0 Å². The smallest absolute Gasteiger partial charge is 0.0646 e. The molecule has 0 aromatic carbocycles. The fourth-order valence-electron chi connectivity index (χ4n) is 1.86. The molecule has 3 unspecified atom stereocenters. The minimum absolute atomic E-state index is 0.369. The van der Waals surface area contributed by atoms with Crippen molar-refractivity contribution in [3.63, 3.8) is 0 Å². The van der Waals surface area contributed by atoms with Crippen LogP contribution in [-0.2, 0) is 0 Å². The Morgan fingerprint density at radius 3 is 2.64 bits per heavy atom. The fourth-order valence-corrected chi connectivity index (χ4v) is 1.86. The van der Waals surface area contributed by atoms with E-state index in [0.29, 0.717) is 18.0 Å². The first-order valence-corrected chi connectivity index (χ1v) is 5.21. The molecule has 0 aromatic rings. The van der Waals surface area contributed by atoms with Crippen molar-refractivity contribution >= 4 is 0 Å². The molecule has 1 fully saturated rings. The van der Waals surface area contributed by atoms with Crippen molar-refractivity contribution in [2.24, 2.45) is 5.92 Å². The maximum Gasteiger partial charge on any atom is 0.0646 e. The predicted octanol–water partition coefficient (Wildman–Crippen LogP) is 1.82. The summed E-state index contributed by atoms with van der Waals surface area (Å²) < 4.78 is 0. The van der Waals surface area contributed by atoms with Crippen LogP contribution < -0.4 is 10.6 Å². The zero-order chi connectivity index (χ0) is 10.7. The second kappa shape index (κ2) is 4.50. The summed E-state index contributed by atoms with van der Waals surface area (Å²) in [4.78, 5) is 0. The lowest BCUT2D eigenvalue weighted by Crippen LogP contribution is -2.52. The minimum atomic E-state index is 0.369. The Labute approximate surface area is 86.8 Å². The van der Waals surface area contributed by atoms with Gasteiger partial charge in [0.05, 0.1) is 6.04 Å². The van der Waals surface area contributed by atoms with Gasteiger partial charge in [-0.15, -0.1) is 5.73 Å². The normalized spacial score (nSPS) is 24.6. The first-order chi connectivity index (χ1) is 6.61. The second-order valence-corrected chi connectivity index (χ2v) is 3.90. The van der Waals surface area contributed by atoms with Crippen molar-refractivity contribution in [2.75, 3.05) is 6.54 Å². The van der Waals surface area contributed by atoms with Gasteiger partial charge in [0.2, 0.25) is 0 Å². The van der Waals surface area contributed by atoms with E-state index in [0.717, 1.165) is 17.8 Å². The van der Waals surface area contributed by atoms with E-state index in [-0.39, 0.29) is 0 Å². The van der Waals surface area contributed by atoms with Crippen LogP contribution in [-0.4, -0.2) is 18.6 Å². The van der Waals surface area contributed by atoms with Crippen LogP contribution in [0.3, 0.4) is 0 Å². The highest BCUT2D eigenvalue weighted by Crippen LogP contribution is 2.28. The van der Waals surface area contributed by atoms with E-state index in [1.807, 2.05) is 0 Å². The van der Waals surface area contributed by atoms with E-state index >= 15 is 0 Å². The van der Waals surface area contributed by atoms with Crippen LogP contribution in [0.2, 0.25) is 0 Å². The lowest BCUT2D eigenvalue weighted by Gasteiger charge is -2.40. The Balaban J connectivity index is 2.59. The van der Waals surface area contributed by atoms with E-state index in [4.69, 9.17) is 0 Å². The summed E-state index contributed by atoms with van der Waals surface area (Å²) in [6.45, 7) is 15.1. The third kappa shape index (κ3) is 1.92. The molecule has 0 aromatic heterocycles. The summed E-state index contributed by atoms with van der Waals surface area (Å²) in [6, 6.07) is 0.864. The molecular weight excluding hydrogens is 172 g/mol. The van der Waals surface area contributed by atoms with Gasteiger partial charge in [0.25, 0.3) is 0 Å². The number of nitrogens with one attached hydrogen (secondary N) is 2. The monoisotopic (exact) mass is 192 g/mol. The molecule has 0 spiro atoms. The molecule has 1 aliphatic heterocycles. The zero-order valence-corrected chi connectivity index (χ0v) is 9.35. The van der Waals surface area contributed by atoms with Gasteiger partial charge in [-0.3, -0.25) is 0 Å². The molecule has 0 saturated carbocycles. The van der Waals surface area contributed by atoms with Crippen LogP contribution >= 0.6 is 0 Å².